The van der Waals surface area contributed by atoms with E-state index in [1.54, 1.807) is 0 Å². The van der Waals surface area contributed by atoms with Crippen molar-refractivity contribution in [2.75, 3.05) is 6.54 Å². The lowest BCUT2D eigenvalue weighted by atomic mass is 10.1. The number of nitrogens with one attached hydrogen (secondary N) is 1. The number of rotatable bonds is 3. The molecule has 0 saturated carbocycles. The highest BCUT2D eigenvalue weighted by Crippen LogP contribution is 2.29. The molecule has 22 heavy (non-hydrogen) atoms. The molecule has 3 rings (SSSR count). The van der Waals surface area contributed by atoms with Crippen LogP contribution in [0.4, 0.5) is 4.79 Å². The van der Waals surface area contributed by atoms with E-state index in [1.165, 1.54) is 22.0 Å². The van der Waals surface area contributed by atoms with Gasteiger partial charge in [0.05, 0.1) is 0 Å². The molecule has 0 radical (unpaired) electrons. The maximum atomic E-state index is 12.4. The molecule has 0 unspecified atom stereocenters. The molecule has 0 aliphatic carbocycles. The predicted octanol–water partition coefficient (Wildman–Crippen LogP) is 3.53. The Labute approximate surface area is 132 Å². The van der Waals surface area contributed by atoms with E-state index in [9.17, 15) is 4.79 Å². The monoisotopic (exact) mass is 299 g/mol. The first-order valence-electron chi connectivity index (χ1n) is 8.29. The summed E-state index contributed by atoms with van der Waals surface area (Å²) in [5, 5.41) is 4.43. The molecule has 1 aromatic carbocycles. The smallest absolute Gasteiger partial charge is 0.317 e. The fraction of sp³-hybridized carbons (Fsp3) is 0.500. The summed E-state index contributed by atoms with van der Waals surface area (Å²) >= 11 is 0. The summed E-state index contributed by atoms with van der Waals surface area (Å²) in [5.41, 5.74) is 3.92. The van der Waals surface area contributed by atoms with Crippen LogP contribution in [-0.2, 0) is 19.5 Å². The Balaban J connectivity index is 1.91. The summed E-state index contributed by atoms with van der Waals surface area (Å²) in [4.78, 5) is 14.4. The van der Waals surface area contributed by atoms with Crippen LogP contribution in [0, 0.1) is 0 Å². The molecule has 1 atom stereocenters. The van der Waals surface area contributed by atoms with E-state index in [0.717, 1.165) is 25.9 Å². The molecule has 4 nitrogen and oxygen atoms in total. The molecule has 2 heterocycles. The molecule has 2 amide bonds. The van der Waals surface area contributed by atoms with E-state index in [-0.39, 0.29) is 12.1 Å². The van der Waals surface area contributed by atoms with Crippen molar-refractivity contribution in [2.24, 2.45) is 0 Å². The van der Waals surface area contributed by atoms with Crippen LogP contribution < -0.4 is 5.32 Å². The third kappa shape index (κ3) is 2.58. The highest BCUT2D eigenvalue weighted by molar-refractivity contribution is 5.88. The normalized spacial score (nSPS) is 15.7. The molecule has 0 spiro atoms. The van der Waals surface area contributed by atoms with Gasteiger partial charge in [0, 0.05) is 42.8 Å². The van der Waals surface area contributed by atoms with E-state index < -0.39 is 0 Å². The lowest BCUT2D eigenvalue weighted by Crippen LogP contribution is -2.43. The van der Waals surface area contributed by atoms with Crippen molar-refractivity contribution < 1.29 is 4.79 Å². The van der Waals surface area contributed by atoms with Crippen molar-refractivity contribution in [3.05, 3.63) is 35.5 Å². The molecule has 118 valence electrons. The number of benzene rings is 1. The van der Waals surface area contributed by atoms with Crippen molar-refractivity contribution in [3.8, 4) is 0 Å². The van der Waals surface area contributed by atoms with E-state index in [4.69, 9.17) is 0 Å². The molecule has 1 aliphatic rings. The fourth-order valence-electron chi connectivity index (χ4n) is 3.22. The minimum atomic E-state index is 0.0554. The van der Waals surface area contributed by atoms with Gasteiger partial charge in [-0.2, -0.15) is 0 Å². The molecule has 0 fully saturated rings. The third-order valence-corrected chi connectivity index (χ3v) is 4.69. The van der Waals surface area contributed by atoms with E-state index in [1.807, 2.05) is 4.90 Å². The lowest BCUT2D eigenvalue weighted by Gasteiger charge is -2.24. The van der Waals surface area contributed by atoms with Crippen LogP contribution in [0.25, 0.3) is 10.9 Å². The summed E-state index contributed by atoms with van der Waals surface area (Å²) in [6.45, 7) is 8.77. The minimum absolute atomic E-state index is 0.0554. The van der Waals surface area contributed by atoms with Gasteiger partial charge in [0.25, 0.3) is 0 Å². The Morgan fingerprint density at radius 3 is 2.86 bits per heavy atom. The van der Waals surface area contributed by atoms with Gasteiger partial charge in [-0.1, -0.05) is 19.1 Å². The van der Waals surface area contributed by atoms with Gasteiger partial charge in [0.1, 0.15) is 0 Å². The highest BCUT2D eigenvalue weighted by Gasteiger charge is 2.22. The minimum Gasteiger partial charge on any atom is -0.347 e. The molecular formula is C18H25N3O. The van der Waals surface area contributed by atoms with Gasteiger partial charge in [0.15, 0.2) is 0 Å². The van der Waals surface area contributed by atoms with Crippen LogP contribution in [0.1, 0.15) is 38.3 Å². The van der Waals surface area contributed by atoms with Crippen molar-refractivity contribution in [2.45, 2.75) is 52.7 Å². The number of hydrogen-bond donors (Lipinski definition) is 1. The molecule has 1 aliphatic heterocycles. The molecule has 1 N–H and O–H groups in total. The molecular weight excluding hydrogens is 274 g/mol. The second kappa shape index (κ2) is 6.03. The average molecular weight is 299 g/mol. The predicted molar refractivity (Wildman–Crippen MR) is 90.0 cm³/mol. The molecule has 4 heteroatoms. The zero-order valence-electron chi connectivity index (χ0n) is 13.7. The second-order valence-electron chi connectivity index (χ2n) is 6.18. The number of aryl methyl sites for hydroxylation is 1. The van der Waals surface area contributed by atoms with Gasteiger partial charge in [-0.25, -0.2) is 4.79 Å². The topological polar surface area (TPSA) is 37.3 Å². The van der Waals surface area contributed by atoms with Crippen LogP contribution in [0.2, 0.25) is 0 Å². The molecule has 0 bridgehead atoms. The van der Waals surface area contributed by atoms with Crippen molar-refractivity contribution in [3.63, 3.8) is 0 Å². The van der Waals surface area contributed by atoms with E-state index in [2.05, 4.69) is 55.1 Å². The highest BCUT2D eigenvalue weighted by atomic mass is 16.2. The summed E-state index contributed by atoms with van der Waals surface area (Å²) in [6, 6.07) is 6.71. The largest absolute Gasteiger partial charge is 0.347 e. The Morgan fingerprint density at radius 1 is 1.32 bits per heavy atom. The van der Waals surface area contributed by atoms with Crippen molar-refractivity contribution in [1.82, 2.24) is 14.8 Å². The van der Waals surface area contributed by atoms with Crippen LogP contribution in [0.3, 0.4) is 0 Å². The zero-order chi connectivity index (χ0) is 15.7. The maximum Gasteiger partial charge on any atom is 0.317 e. The van der Waals surface area contributed by atoms with E-state index >= 15 is 0 Å². The van der Waals surface area contributed by atoms with Crippen LogP contribution >= 0.6 is 0 Å². The standard InChI is InChI=1S/C18H25N3O/c1-4-13(3)19-18(22)21-10-9-15-11-20(5-2)16-8-6-7-14(12-21)17(15)16/h6-8,11,13H,4-5,9-10,12H2,1-3H3,(H,19,22)/t13-/m0/s1. The Hall–Kier alpha value is -1.97. The summed E-state index contributed by atoms with van der Waals surface area (Å²) in [5.74, 6) is 0. The van der Waals surface area contributed by atoms with Crippen LogP contribution in [0.5, 0.6) is 0 Å². The van der Waals surface area contributed by atoms with Gasteiger partial charge in [-0.3, -0.25) is 0 Å². The lowest BCUT2D eigenvalue weighted by molar-refractivity contribution is 0.193. The summed E-state index contributed by atoms with van der Waals surface area (Å²) in [6.07, 6.45) is 4.13. The van der Waals surface area contributed by atoms with Gasteiger partial charge < -0.3 is 14.8 Å². The van der Waals surface area contributed by atoms with Gasteiger partial charge in [0.2, 0.25) is 0 Å². The number of hydrogen-bond acceptors (Lipinski definition) is 1. The molecule has 0 saturated heterocycles. The summed E-state index contributed by atoms with van der Waals surface area (Å²) in [7, 11) is 0. The number of aromatic nitrogens is 1. The maximum absolute atomic E-state index is 12.4. The summed E-state index contributed by atoms with van der Waals surface area (Å²) < 4.78 is 2.31. The van der Waals surface area contributed by atoms with Gasteiger partial charge >= 0.3 is 6.03 Å². The first-order valence-corrected chi connectivity index (χ1v) is 8.29. The Kier molecular flexibility index (Phi) is 4.10. The third-order valence-electron chi connectivity index (χ3n) is 4.69. The number of urea groups is 1. The SMILES string of the molecule is CC[C@H](C)NC(=O)N1CCc2cn(CC)c3cccc(c23)C1. The molecule has 2 aromatic rings. The Morgan fingerprint density at radius 2 is 2.14 bits per heavy atom. The van der Waals surface area contributed by atoms with E-state index in [0.29, 0.717) is 6.54 Å². The number of carbonyl (C=O) groups is 1. The molecule has 1 aromatic heterocycles. The first-order chi connectivity index (χ1) is 10.6. The quantitative estimate of drug-likeness (QED) is 0.925. The van der Waals surface area contributed by atoms with Crippen molar-refractivity contribution in [1.29, 1.82) is 0 Å². The Bertz CT molecular complexity index is 689. The fourth-order valence-corrected chi connectivity index (χ4v) is 3.22. The van der Waals surface area contributed by atoms with Gasteiger partial charge in [-0.15, -0.1) is 0 Å². The first kappa shape index (κ1) is 14.9. The number of nitrogens with zero attached hydrogens (tertiary/aromatic N) is 2. The van der Waals surface area contributed by atoms with Crippen LogP contribution in [0.15, 0.2) is 24.4 Å². The zero-order valence-corrected chi connectivity index (χ0v) is 13.7. The number of amides is 2. The van der Waals surface area contributed by atoms with Crippen LogP contribution in [-0.4, -0.2) is 28.1 Å². The average Bonchev–Trinajstić information content (AvgIpc) is 2.78. The van der Waals surface area contributed by atoms with Gasteiger partial charge in [-0.05, 0) is 43.9 Å². The number of carbonyl (C=O) groups excluding carboxylic acids is 1. The second-order valence-corrected chi connectivity index (χ2v) is 6.18. The van der Waals surface area contributed by atoms with Crippen molar-refractivity contribution >= 4 is 16.9 Å².